The first-order chi connectivity index (χ1) is 19.4. The first-order valence-electron chi connectivity index (χ1n) is 14.1. The van der Waals surface area contributed by atoms with E-state index in [1.165, 1.54) is 0 Å². The predicted octanol–water partition coefficient (Wildman–Crippen LogP) is 4.26. The van der Waals surface area contributed by atoms with E-state index in [0.717, 1.165) is 24.0 Å². The molecule has 1 aliphatic rings. The van der Waals surface area contributed by atoms with Crippen LogP contribution in [-0.4, -0.2) is 59.6 Å². The molecule has 7 heteroatoms. The molecular weight excluding hydrogens is 504 g/mol. The molecule has 2 amide bonds. The van der Waals surface area contributed by atoms with E-state index in [2.05, 4.69) is 18.5 Å². The quantitative estimate of drug-likeness (QED) is 0.242. The largest absolute Gasteiger partial charge is 0.463 e. The monoisotopic (exact) mass is 546 g/mol. The molecule has 0 aliphatic carbocycles. The van der Waals surface area contributed by atoms with E-state index in [1.54, 1.807) is 17.1 Å². The Labute approximate surface area is 237 Å². The predicted molar refractivity (Wildman–Crippen MR) is 156 cm³/mol. The van der Waals surface area contributed by atoms with Crippen molar-refractivity contribution in [2.24, 2.45) is 11.8 Å². The Morgan fingerprint density at radius 1 is 0.950 bits per heavy atom. The lowest BCUT2D eigenvalue weighted by Gasteiger charge is -2.29. The summed E-state index contributed by atoms with van der Waals surface area (Å²) >= 11 is 0. The molecule has 0 unspecified atom stereocenters. The number of allylic oxidation sites excluding steroid dienone is 2. The highest BCUT2D eigenvalue weighted by Crippen LogP contribution is 2.24. The van der Waals surface area contributed by atoms with Gasteiger partial charge in [-0.15, -0.1) is 13.2 Å². The van der Waals surface area contributed by atoms with E-state index in [0.29, 0.717) is 32.2 Å². The zero-order valence-electron chi connectivity index (χ0n) is 23.3. The normalized spacial score (nSPS) is 16.9. The van der Waals surface area contributed by atoms with Gasteiger partial charge in [0.25, 0.3) is 0 Å². The number of nitrogens with one attached hydrogen (secondary N) is 1. The number of aliphatic hydroxyl groups excluding tert-OH is 1. The molecule has 0 saturated carbocycles. The number of hydrogen-bond donors (Lipinski definition) is 2. The van der Waals surface area contributed by atoms with Gasteiger partial charge >= 0.3 is 5.97 Å². The number of esters is 1. The maximum Gasteiger partial charge on any atom is 0.309 e. The molecule has 7 nitrogen and oxygen atoms in total. The van der Waals surface area contributed by atoms with Crippen LogP contribution in [-0.2, 0) is 32.0 Å². The Bertz CT molecular complexity index is 1100. The average molecular weight is 547 g/mol. The Morgan fingerprint density at radius 3 is 2.15 bits per heavy atom. The van der Waals surface area contributed by atoms with E-state index >= 15 is 0 Å². The molecule has 4 atom stereocenters. The van der Waals surface area contributed by atoms with Crippen molar-refractivity contribution in [3.8, 4) is 0 Å². The molecule has 40 heavy (non-hydrogen) atoms. The zero-order valence-corrected chi connectivity index (χ0v) is 23.3. The van der Waals surface area contributed by atoms with Gasteiger partial charge in [0.2, 0.25) is 11.8 Å². The number of likely N-dealkylation sites (tertiary alicyclic amines) is 1. The summed E-state index contributed by atoms with van der Waals surface area (Å²) < 4.78 is 5.73. The number of hydrogen-bond acceptors (Lipinski definition) is 5. The van der Waals surface area contributed by atoms with E-state index in [-0.39, 0.29) is 49.4 Å². The maximum atomic E-state index is 13.5. The van der Waals surface area contributed by atoms with Crippen LogP contribution in [0.3, 0.4) is 0 Å². The maximum absolute atomic E-state index is 13.5. The summed E-state index contributed by atoms with van der Waals surface area (Å²) in [5, 5.41) is 12.7. The SMILES string of the molecule is C=CC[C@H](Cc1ccccc1)C(=O)OC[C@@H]1CCCN1C(=O)[C@H](CC=C)CC(=O)N[C@@H](CO)Cc1ccccc1. The molecule has 1 heterocycles. The summed E-state index contributed by atoms with van der Waals surface area (Å²) in [7, 11) is 0. The minimum Gasteiger partial charge on any atom is -0.463 e. The van der Waals surface area contributed by atoms with Gasteiger partial charge in [-0.3, -0.25) is 14.4 Å². The molecule has 2 N–H and O–H groups in total. The highest BCUT2D eigenvalue weighted by molar-refractivity contribution is 5.86. The van der Waals surface area contributed by atoms with Gasteiger partial charge in [-0.1, -0.05) is 72.8 Å². The lowest BCUT2D eigenvalue weighted by molar-refractivity contribution is -0.152. The van der Waals surface area contributed by atoms with Gasteiger partial charge < -0.3 is 20.1 Å². The number of aliphatic hydroxyl groups is 1. The highest BCUT2D eigenvalue weighted by Gasteiger charge is 2.35. The summed E-state index contributed by atoms with van der Waals surface area (Å²) in [4.78, 5) is 41.1. The van der Waals surface area contributed by atoms with Gasteiger partial charge in [-0.05, 0) is 49.7 Å². The smallest absolute Gasteiger partial charge is 0.309 e. The number of benzene rings is 2. The fourth-order valence-electron chi connectivity index (χ4n) is 5.24. The molecule has 1 saturated heterocycles. The van der Waals surface area contributed by atoms with E-state index in [9.17, 15) is 19.5 Å². The van der Waals surface area contributed by atoms with Crippen molar-refractivity contribution < 1.29 is 24.2 Å². The number of carbonyl (C=O) groups is 3. The van der Waals surface area contributed by atoms with Crippen LogP contribution in [0.1, 0.15) is 43.2 Å². The minimum absolute atomic E-state index is 0.00235. The van der Waals surface area contributed by atoms with E-state index in [4.69, 9.17) is 4.74 Å². The van der Waals surface area contributed by atoms with Crippen LogP contribution in [0.25, 0.3) is 0 Å². The number of nitrogens with zero attached hydrogens (tertiary/aromatic N) is 1. The van der Waals surface area contributed by atoms with Crippen molar-refractivity contribution >= 4 is 17.8 Å². The molecule has 1 fully saturated rings. The second-order valence-corrected chi connectivity index (χ2v) is 10.4. The highest BCUT2D eigenvalue weighted by atomic mass is 16.5. The molecular formula is C33H42N2O5. The summed E-state index contributed by atoms with van der Waals surface area (Å²) in [6.07, 6.45) is 6.86. The van der Waals surface area contributed by atoms with Crippen molar-refractivity contribution in [3.05, 3.63) is 97.1 Å². The van der Waals surface area contributed by atoms with Crippen LogP contribution in [0.4, 0.5) is 0 Å². The second kappa shape index (κ2) is 16.4. The second-order valence-electron chi connectivity index (χ2n) is 10.4. The molecule has 214 valence electrons. The van der Waals surface area contributed by atoms with Crippen LogP contribution in [0, 0.1) is 11.8 Å². The van der Waals surface area contributed by atoms with Crippen molar-refractivity contribution in [1.29, 1.82) is 0 Å². The van der Waals surface area contributed by atoms with Gasteiger partial charge in [-0.2, -0.15) is 0 Å². The Balaban J connectivity index is 1.56. The van der Waals surface area contributed by atoms with Crippen molar-refractivity contribution in [2.45, 2.75) is 57.0 Å². The molecule has 0 aromatic heterocycles. The third-order valence-electron chi connectivity index (χ3n) is 7.33. The van der Waals surface area contributed by atoms with Crippen molar-refractivity contribution in [2.75, 3.05) is 19.8 Å². The fourth-order valence-corrected chi connectivity index (χ4v) is 5.24. The Hall–Kier alpha value is -3.71. The number of amides is 2. The number of rotatable bonds is 16. The van der Waals surface area contributed by atoms with Crippen LogP contribution in [0.15, 0.2) is 86.0 Å². The Morgan fingerprint density at radius 2 is 1.55 bits per heavy atom. The molecule has 1 aliphatic heterocycles. The minimum atomic E-state index is -0.573. The third-order valence-corrected chi connectivity index (χ3v) is 7.33. The number of ether oxygens (including phenoxy) is 1. The van der Waals surface area contributed by atoms with E-state index < -0.39 is 12.0 Å². The van der Waals surface area contributed by atoms with Gasteiger partial charge in [0.1, 0.15) is 6.61 Å². The molecule has 0 bridgehead atoms. The van der Waals surface area contributed by atoms with Crippen LogP contribution >= 0.6 is 0 Å². The fraction of sp³-hybridized carbons (Fsp3) is 0.424. The molecule has 2 aromatic carbocycles. The van der Waals surface area contributed by atoms with Gasteiger partial charge in [0.05, 0.1) is 30.5 Å². The van der Waals surface area contributed by atoms with Gasteiger partial charge in [0, 0.05) is 13.0 Å². The summed E-state index contributed by atoms with van der Waals surface area (Å²) in [5.41, 5.74) is 2.07. The lowest BCUT2D eigenvalue weighted by atomic mass is 9.96. The van der Waals surface area contributed by atoms with Gasteiger partial charge in [-0.25, -0.2) is 0 Å². The summed E-state index contributed by atoms with van der Waals surface area (Å²) in [6, 6.07) is 18.8. The number of carbonyl (C=O) groups excluding carboxylic acids is 3. The molecule has 3 rings (SSSR count). The molecule has 0 radical (unpaired) electrons. The zero-order chi connectivity index (χ0) is 28.7. The van der Waals surface area contributed by atoms with Crippen LogP contribution in [0.5, 0.6) is 0 Å². The van der Waals surface area contributed by atoms with Crippen molar-refractivity contribution in [1.82, 2.24) is 10.2 Å². The first-order valence-corrected chi connectivity index (χ1v) is 14.1. The topological polar surface area (TPSA) is 95.9 Å². The van der Waals surface area contributed by atoms with E-state index in [1.807, 2.05) is 60.7 Å². The van der Waals surface area contributed by atoms with Crippen molar-refractivity contribution in [3.63, 3.8) is 0 Å². The molecule has 2 aromatic rings. The van der Waals surface area contributed by atoms with Crippen LogP contribution in [0.2, 0.25) is 0 Å². The van der Waals surface area contributed by atoms with Gasteiger partial charge in [0.15, 0.2) is 0 Å². The summed E-state index contributed by atoms with van der Waals surface area (Å²) in [5.74, 6) is -1.62. The molecule has 0 spiro atoms. The Kier molecular flexibility index (Phi) is 12.6. The summed E-state index contributed by atoms with van der Waals surface area (Å²) in [6.45, 7) is 8.06. The standard InChI is InChI=1S/C33H42N2O5/c1-3-12-27(22-31(37)34-29(23-36)21-26-16-9-6-10-17-26)32(38)35-19-11-18-30(35)24-40-33(39)28(13-4-2)20-25-14-7-5-8-15-25/h3-10,14-17,27-30,36H,1-2,11-13,18-24H2,(H,34,37)/t27-,28-,29-,30+/m1/s1. The lowest BCUT2D eigenvalue weighted by Crippen LogP contribution is -2.45. The van der Waals surface area contributed by atoms with Crippen LogP contribution < -0.4 is 5.32 Å². The first kappa shape index (κ1) is 30.8. The average Bonchev–Trinajstić information content (AvgIpc) is 3.44. The third kappa shape index (κ3) is 9.49.